The van der Waals surface area contributed by atoms with Gasteiger partial charge in [0.25, 0.3) is 0 Å². The lowest BCUT2D eigenvalue weighted by Gasteiger charge is -2.14. The summed E-state index contributed by atoms with van der Waals surface area (Å²) in [6.07, 6.45) is 0. The van der Waals surface area contributed by atoms with Crippen LogP contribution in [0.3, 0.4) is 0 Å². The molecule has 5 heteroatoms. The summed E-state index contributed by atoms with van der Waals surface area (Å²) < 4.78 is 31.0. The number of benzene rings is 1. The lowest BCUT2D eigenvalue weighted by Crippen LogP contribution is -2.25. The van der Waals surface area contributed by atoms with E-state index in [1.807, 2.05) is 13.0 Å². The number of nitrogens with zero attached hydrogens (tertiary/aromatic N) is 1. The zero-order chi connectivity index (χ0) is 10.1. The Bertz CT molecular complexity index is 400. The molecule has 0 bridgehead atoms. The SMILES string of the molecule is Cc1cccc(N(C)S(=O)(=O)O)c1. The summed E-state index contributed by atoms with van der Waals surface area (Å²) in [7, 11) is -2.84. The summed E-state index contributed by atoms with van der Waals surface area (Å²) in [6.45, 7) is 1.85. The smallest absolute Gasteiger partial charge is 0.269 e. The summed E-state index contributed by atoms with van der Waals surface area (Å²) in [4.78, 5) is 0. The van der Waals surface area contributed by atoms with E-state index in [1.165, 1.54) is 7.05 Å². The van der Waals surface area contributed by atoms with Crippen molar-refractivity contribution in [1.82, 2.24) is 0 Å². The minimum atomic E-state index is -4.14. The highest BCUT2D eigenvalue weighted by atomic mass is 32.2. The van der Waals surface area contributed by atoms with Crippen LogP contribution in [0.4, 0.5) is 5.69 Å². The average Bonchev–Trinajstić information content (AvgIpc) is 2.01. The Kier molecular flexibility index (Phi) is 2.58. The molecular weight excluding hydrogens is 190 g/mol. The van der Waals surface area contributed by atoms with Crippen molar-refractivity contribution in [3.8, 4) is 0 Å². The maximum Gasteiger partial charge on any atom is 0.359 e. The Labute approximate surface area is 77.7 Å². The first-order chi connectivity index (χ1) is 5.91. The highest BCUT2D eigenvalue weighted by Gasteiger charge is 2.13. The van der Waals surface area contributed by atoms with Gasteiger partial charge in [-0.3, -0.25) is 8.86 Å². The van der Waals surface area contributed by atoms with Crippen molar-refractivity contribution >= 4 is 16.0 Å². The van der Waals surface area contributed by atoms with Crippen LogP contribution in [0.1, 0.15) is 5.56 Å². The largest absolute Gasteiger partial charge is 0.359 e. The molecule has 0 saturated heterocycles. The minimum absolute atomic E-state index is 0.447. The Morgan fingerprint density at radius 3 is 2.46 bits per heavy atom. The minimum Gasteiger partial charge on any atom is -0.269 e. The van der Waals surface area contributed by atoms with E-state index in [4.69, 9.17) is 4.55 Å². The normalized spacial score (nSPS) is 11.3. The van der Waals surface area contributed by atoms with Gasteiger partial charge >= 0.3 is 10.3 Å². The molecule has 13 heavy (non-hydrogen) atoms. The monoisotopic (exact) mass is 201 g/mol. The predicted molar refractivity (Wildman–Crippen MR) is 51.1 cm³/mol. The molecule has 0 spiro atoms. The Morgan fingerprint density at radius 1 is 1.38 bits per heavy atom. The Morgan fingerprint density at radius 2 is 2.00 bits per heavy atom. The van der Waals surface area contributed by atoms with E-state index in [0.717, 1.165) is 9.87 Å². The van der Waals surface area contributed by atoms with Crippen LogP contribution in [0.2, 0.25) is 0 Å². The lowest BCUT2D eigenvalue weighted by molar-refractivity contribution is 0.481. The first-order valence-corrected chi connectivity index (χ1v) is 5.09. The highest BCUT2D eigenvalue weighted by molar-refractivity contribution is 7.87. The van der Waals surface area contributed by atoms with Crippen LogP contribution in [-0.4, -0.2) is 20.0 Å². The molecule has 0 aliphatic heterocycles. The van der Waals surface area contributed by atoms with E-state index in [1.54, 1.807) is 18.2 Å². The van der Waals surface area contributed by atoms with Gasteiger partial charge in [-0.1, -0.05) is 12.1 Å². The fraction of sp³-hybridized carbons (Fsp3) is 0.250. The summed E-state index contributed by atoms with van der Waals surface area (Å²) in [5.41, 5.74) is 1.38. The second kappa shape index (κ2) is 3.35. The standard InChI is InChI=1S/C8H11NO3S/c1-7-4-3-5-8(6-7)9(2)13(10,11)12/h3-6H,1-2H3,(H,10,11,12). The third kappa shape index (κ3) is 2.43. The zero-order valence-electron chi connectivity index (χ0n) is 7.43. The molecule has 72 valence electrons. The molecule has 1 N–H and O–H groups in total. The van der Waals surface area contributed by atoms with Gasteiger partial charge < -0.3 is 0 Å². The Balaban J connectivity index is 3.10. The topological polar surface area (TPSA) is 57.6 Å². The third-order valence-electron chi connectivity index (χ3n) is 1.71. The summed E-state index contributed by atoms with van der Waals surface area (Å²) >= 11 is 0. The van der Waals surface area contributed by atoms with Crippen molar-refractivity contribution < 1.29 is 13.0 Å². The van der Waals surface area contributed by atoms with Gasteiger partial charge in [0, 0.05) is 7.05 Å². The van der Waals surface area contributed by atoms with Gasteiger partial charge in [-0.2, -0.15) is 8.42 Å². The van der Waals surface area contributed by atoms with Gasteiger partial charge in [0.05, 0.1) is 5.69 Å². The van der Waals surface area contributed by atoms with Gasteiger partial charge in [0.2, 0.25) is 0 Å². The van der Waals surface area contributed by atoms with Crippen LogP contribution < -0.4 is 4.31 Å². The van der Waals surface area contributed by atoms with Crippen LogP contribution in [0.25, 0.3) is 0 Å². The number of rotatable bonds is 2. The molecule has 0 atom stereocenters. The van der Waals surface area contributed by atoms with E-state index < -0.39 is 10.3 Å². The summed E-state index contributed by atoms with van der Waals surface area (Å²) in [5.74, 6) is 0. The Hall–Kier alpha value is -1.07. The number of hydrogen-bond donors (Lipinski definition) is 1. The molecule has 0 aromatic heterocycles. The van der Waals surface area contributed by atoms with Crippen molar-refractivity contribution in [2.45, 2.75) is 6.92 Å². The lowest BCUT2D eigenvalue weighted by atomic mass is 10.2. The molecule has 0 aliphatic rings. The third-order valence-corrected chi connectivity index (χ3v) is 2.61. The van der Waals surface area contributed by atoms with Crippen LogP contribution in [-0.2, 0) is 10.3 Å². The van der Waals surface area contributed by atoms with Crippen LogP contribution in [0, 0.1) is 6.92 Å². The van der Waals surface area contributed by atoms with Crippen molar-refractivity contribution in [1.29, 1.82) is 0 Å². The van der Waals surface area contributed by atoms with Crippen molar-refractivity contribution in [3.63, 3.8) is 0 Å². The molecule has 0 radical (unpaired) electrons. The molecule has 0 fully saturated rings. The second-order valence-electron chi connectivity index (χ2n) is 2.78. The molecule has 4 nitrogen and oxygen atoms in total. The number of anilines is 1. The van der Waals surface area contributed by atoms with Gasteiger partial charge in [-0.15, -0.1) is 0 Å². The van der Waals surface area contributed by atoms with Crippen molar-refractivity contribution in [2.75, 3.05) is 11.4 Å². The number of aryl methyl sites for hydroxylation is 1. The molecule has 1 aromatic carbocycles. The molecule has 0 amide bonds. The van der Waals surface area contributed by atoms with E-state index in [0.29, 0.717) is 5.69 Å². The molecule has 0 heterocycles. The van der Waals surface area contributed by atoms with Gasteiger partial charge in [-0.25, -0.2) is 0 Å². The van der Waals surface area contributed by atoms with E-state index in [-0.39, 0.29) is 0 Å². The highest BCUT2D eigenvalue weighted by Crippen LogP contribution is 2.16. The van der Waals surface area contributed by atoms with E-state index in [9.17, 15) is 8.42 Å². The summed E-state index contributed by atoms with van der Waals surface area (Å²) in [6, 6.07) is 6.86. The van der Waals surface area contributed by atoms with E-state index >= 15 is 0 Å². The fourth-order valence-electron chi connectivity index (χ4n) is 0.957. The average molecular weight is 201 g/mol. The van der Waals surface area contributed by atoms with Crippen molar-refractivity contribution in [2.24, 2.45) is 0 Å². The predicted octanol–water partition coefficient (Wildman–Crippen LogP) is 1.23. The second-order valence-corrected chi connectivity index (χ2v) is 4.23. The molecule has 0 saturated carbocycles. The van der Waals surface area contributed by atoms with E-state index in [2.05, 4.69) is 0 Å². The molecule has 0 unspecified atom stereocenters. The first kappa shape index (κ1) is 10.0. The summed E-state index contributed by atoms with van der Waals surface area (Å²) in [5, 5.41) is 0. The van der Waals surface area contributed by atoms with Crippen molar-refractivity contribution in [3.05, 3.63) is 29.8 Å². The van der Waals surface area contributed by atoms with Crippen LogP contribution >= 0.6 is 0 Å². The van der Waals surface area contributed by atoms with Gasteiger partial charge in [0.15, 0.2) is 0 Å². The van der Waals surface area contributed by atoms with Gasteiger partial charge in [0.1, 0.15) is 0 Å². The fourth-order valence-corrected chi connectivity index (χ4v) is 1.34. The van der Waals surface area contributed by atoms with Crippen LogP contribution in [0.5, 0.6) is 0 Å². The molecular formula is C8H11NO3S. The quantitative estimate of drug-likeness (QED) is 0.732. The molecule has 1 aromatic rings. The van der Waals surface area contributed by atoms with Gasteiger partial charge in [-0.05, 0) is 24.6 Å². The number of hydrogen-bond acceptors (Lipinski definition) is 2. The molecule has 1 rings (SSSR count). The van der Waals surface area contributed by atoms with Crippen LogP contribution in [0.15, 0.2) is 24.3 Å². The maximum absolute atomic E-state index is 10.7. The first-order valence-electron chi connectivity index (χ1n) is 3.69. The molecule has 0 aliphatic carbocycles. The zero-order valence-corrected chi connectivity index (χ0v) is 8.25. The maximum atomic E-state index is 10.7.